The number of alkyl carbamates (subject to hydrolysis) is 2. The molecule has 0 unspecified atom stereocenters. The molecule has 1 fully saturated rings. The van der Waals surface area contributed by atoms with E-state index in [1.54, 1.807) is 0 Å². The van der Waals surface area contributed by atoms with Gasteiger partial charge in [0.25, 0.3) is 0 Å². The summed E-state index contributed by atoms with van der Waals surface area (Å²) >= 11 is 0. The maximum atomic E-state index is 12.1. The van der Waals surface area contributed by atoms with E-state index in [0.717, 1.165) is 18.4 Å². The Bertz CT molecular complexity index is 598. The number of hydrogen-bond acceptors (Lipinski definition) is 4. The lowest BCUT2D eigenvalue weighted by Crippen LogP contribution is -2.36. The maximum Gasteiger partial charge on any atom is 0.407 e. The maximum absolute atomic E-state index is 12.1. The quantitative estimate of drug-likeness (QED) is 0.546. The van der Waals surface area contributed by atoms with Crippen molar-refractivity contribution in [3.05, 3.63) is 11.6 Å². The number of nitrogens with one attached hydrogen (secondary N) is 2. The monoisotopic (exact) mass is 424 g/mol. The summed E-state index contributed by atoms with van der Waals surface area (Å²) in [6, 6.07) is 0. The van der Waals surface area contributed by atoms with E-state index in [1.807, 2.05) is 47.6 Å². The summed E-state index contributed by atoms with van der Waals surface area (Å²) in [7, 11) is 0. The Hall–Kier alpha value is -1.72. The Kier molecular flexibility index (Phi) is 9.25. The van der Waals surface area contributed by atoms with E-state index in [1.165, 1.54) is 12.8 Å². The summed E-state index contributed by atoms with van der Waals surface area (Å²) < 4.78 is 10.7. The molecule has 0 spiro atoms. The van der Waals surface area contributed by atoms with E-state index < -0.39 is 23.4 Å². The molecule has 0 aromatic carbocycles. The summed E-state index contributed by atoms with van der Waals surface area (Å²) in [5.74, 6) is 1.12. The molecule has 0 aromatic rings. The van der Waals surface area contributed by atoms with Crippen molar-refractivity contribution in [2.24, 2.45) is 17.3 Å². The number of carbonyl (C=O) groups excluding carboxylic acids is 2. The zero-order chi connectivity index (χ0) is 23.2. The smallest absolute Gasteiger partial charge is 0.407 e. The summed E-state index contributed by atoms with van der Waals surface area (Å²) in [5.41, 5.74) is 0.406. The fourth-order valence-electron chi connectivity index (χ4n) is 3.78. The highest BCUT2D eigenvalue weighted by atomic mass is 16.6. The van der Waals surface area contributed by atoms with Crippen LogP contribution in [0.5, 0.6) is 0 Å². The first-order valence-electron chi connectivity index (χ1n) is 11.2. The van der Waals surface area contributed by atoms with Crippen LogP contribution in [-0.4, -0.2) is 36.5 Å². The third-order valence-corrected chi connectivity index (χ3v) is 5.32. The largest absolute Gasteiger partial charge is 0.444 e. The van der Waals surface area contributed by atoms with Crippen molar-refractivity contribution in [2.45, 2.75) is 99.2 Å². The Balaban J connectivity index is 2.74. The van der Waals surface area contributed by atoms with Crippen LogP contribution < -0.4 is 10.6 Å². The van der Waals surface area contributed by atoms with Crippen LogP contribution in [0.3, 0.4) is 0 Å². The van der Waals surface area contributed by atoms with Gasteiger partial charge in [-0.15, -0.1) is 0 Å². The lowest BCUT2D eigenvalue weighted by molar-refractivity contribution is 0.0518. The Morgan fingerprint density at radius 2 is 1.27 bits per heavy atom. The molecule has 2 N–H and O–H groups in total. The second-order valence-corrected chi connectivity index (χ2v) is 11.4. The third kappa shape index (κ3) is 10.9. The van der Waals surface area contributed by atoms with Gasteiger partial charge in [-0.05, 0) is 84.5 Å². The second kappa shape index (κ2) is 10.5. The van der Waals surface area contributed by atoms with Gasteiger partial charge in [0.15, 0.2) is 0 Å². The number of ether oxygens (including phenoxy) is 2. The Morgan fingerprint density at radius 3 is 1.70 bits per heavy atom. The molecule has 2 amide bonds. The molecule has 174 valence electrons. The molecule has 1 rings (SSSR count). The van der Waals surface area contributed by atoms with Crippen molar-refractivity contribution < 1.29 is 19.1 Å². The van der Waals surface area contributed by atoms with Gasteiger partial charge in [0.1, 0.15) is 11.2 Å². The van der Waals surface area contributed by atoms with Gasteiger partial charge < -0.3 is 20.1 Å². The van der Waals surface area contributed by atoms with Gasteiger partial charge in [0.2, 0.25) is 0 Å². The van der Waals surface area contributed by atoms with Crippen LogP contribution >= 0.6 is 0 Å². The molecule has 0 aliphatic heterocycles. The molecule has 30 heavy (non-hydrogen) atoms. The minimum atomic E-state index is -0.531. The van der Waals surface area contributed by atoms with Gasteiger partial charge in [0.05, 0.1) is 0 Å². The molecular weight excluding hydrogens is 380 g/mol. The molecule has 0 saturated heterocycles. The standard InChI is InChI=1S/C24H44N2O4/c1-22(2,3)19-12-10-17(11-13-19)18(16-26-21(28)30-24(7,8)9)14-15-25-20(27)29-23(4,5)6/h14,17,19H,10-13,15-16H2,1-9H3,(H,25,27)(H,26,28)/b18-14+. The van der Waals surface area contributed by atoms with E-state index in [2.05, 4.69) is 31.4 Å². The van der Waals surface area contributed by atoms with Crippen molar-refractivity contribution in [3.8, 4) is 0 Å². The number of hydrogen-bond donors (Lipinski definition) is 2. The number of amides is 2. The van der Waals surface area contributed by atoms with Crippen molar-refractivity contribution >= 4 is 12.2 Å². The first-order chi connectivity index (χ1) is 13.6. The highest BCUT2D eigenvalue weighted by Crippen LogP contribution is 2.41. The average Bonchev–Trinajstić information content (AvgIpc) is 2.54. The van der Waals surface area contributed by atoms with Crippen molar-refractivity contribution in [2.75, 3.05) is 13.1 Å². The lowest BCUT2D eigenvalue weighted by atomic mass is 9.68. The van der Waals surface area contributed by atoms with E-state index in [9.17, 15) is 9.59 Å². The molecule has 6 heteroatoms. The highest BCUT2D eigenvalue weighted by Gasteiger charge is 2.31. The Morgan fingerprint density at radius 1 is 0.800 bits per heavy atom. The number of carbonyl (C=O) groups is 2. The number of rotatable bonds is 5. The molecule has 1 aliphatic rings. The normalized spacial score (nSPS) is 21.0. The predicted octanol–water partition coefficient (Wildman–Crippen LogP) is 5.81. The van der Waals surface area contributed by atoms with E-state index in [0.29, 0.717) is 30.3 Å². The van der Waals surface area contributed by atoms with Gasteiger partial charge in [0, 0.05) is 13.1 Å². The molecule has 1 aliphatic carbocycles. The zero-order valence-corrected chi connectivity index (χ0v) is 20.6. The molecule has 1 saturated carbocycles. The lowest BCUT2D eigenvalue weighted by Gasteiger charge is -2.37. The molecule has 0 bridgehead atoms. The minimum absolute atomic E-state index is 0.321. The van der Waals surface area contributed by atoms with Crippen LogP contribution in [0, 0.1) is 17.3 Å². The molecule has 6 nitrogen and oxygen atoms in total. The highest BCUT2D eigenvalue weighted by molar-refractivity contribution is 5.68. The first kappa shape index (κ1) is 26.3. The van der Waals surface area contributed by atoms with Gasteiger partial charge in [-0.25, -0.2) is 9.59 Å². The molecular formula is C24H44N2O4. The summed E-state index contributed by atoms with van der Waals surface area (Å²) in [5, 5.41) is 5.67. The first-order valence-corrected chi connectivity index (χ1v) is 11.2. The van der Waals surface area contributed by atoms with Crippen LogP contribution in [0.2, 0.25) is 0 Å². The van der Waals surface area contributed by atoms with Crippen LogP contribution in [0.25, 0.3) is 0 Å². The summed E-state index contributed by atoms with van der Waals surface area (Å²) in [6.45, 7) is 18.8. The van der Waals surface area contributed by atoms with Crippen LogP contribution in [-0.2, 0) is 9.47 Å². The fourth-order valence-corrected chi connectivity index (χ4v) is 3.78. The summed E-state index contributed by atoms with van der Waals surface area (Å²) in [4.78, 5) is 24.1. The van der Waals surface area contributed by atoms with Gasteiger partial charge in [-0.2, -0.15) is 0 Å². The van der Waals surface area contributed by atoms with Crippen LogP contribution in [0.15, 0.2) is 11.6 Å². The van der Waals surface area contributed by atoms with Gasteiger partial charge >= 0.3 is 12.2 Å². The van der Waals surface area contributed by atoms with Gasteiger partial charge in [-0.1, -0.05) is 32.4 Å². The summed E-state index contributed by atoms with van der Waals surface area (Å²) in [6.07, 6.45) is 5.71. The van der Waals surface area contributed by atoms with E-state index in [-0.39, 0.29) is 0 Å². The second-order valence-electron chi connectivity index (χ2n) is 11.4. The van der Waals surface area contributed by atoms with E-state index >= 15 is 0 Å². The zero-order valence-electron chi connectivity index (χ0n) is 20.6. The molecule has 0 radical (unpaired) electrons. The molecule has 0 aromatic heterocycles. The van der Waals surface area contributed by atoms with Crippen molar-refractivity contribution in [1.82, 2.24) is 10.6 Å². The van der Waals surface area contributed by atoms with Crippen molar-refractivity contribution in [1.29, 1.82) is 0 Å². The van der Waals surface area contributed by atoms with E-state index in [4.69, 9.17) is 9.47 Å². The molecule has 0 heterocycles. The third-order valence-electron chi connectivity index (χ3n) is 5.32. The van der Waals surface area contributed by atoms with Crippen molar-refractivity contribution in [3.63, 3.8) is 0 Å². The minimum Gasteiger partial charge on any atom is -0.444 e. The Labute approximate surface area is 183 Å². The van der Waals surface area contributed by atoms with Crippen LogP contribution in [0.4, 0.5) is 9.59 Å². The van der Waals surface area contributed by atoms with Crippen LogP contribution in [0.1, 0.15) is 88.0 Å². The average molecular weight is 425 g/mol. The topological polar surface area (TPSA) is 76.7 Å². The predicted molar refractivity (Wildman–Crippen MR) is 121 cm³/mol. The molecule has 0 atom stereocenters. The SMILES string of the molecule is CC(C)(C)OC(=O)NC/C=C(\CNC(=O)OC(C)(C)C)C1CCC(C(C)(C)C)CC1. The van der Waals surface area contributed by atoms with Gasteiger partial charge in [-0.3, -0.25) is 0 Å². The fraction of sp³-hybridized carbons (Fsp3) is 0.833.